The zero-order valence-electron chi connectivity index (χ0n) is 14.9. The summed E-state index contributed by atoms with van der Waals surface area (Å²) in [7, 11) is 0. The van der Waals surface area contributed by atoms with Crippen molar-refractivity contribution < 1.29 is 9.59 Å². The van der Waals surface area contributed by atoms with Crippen molar-refractivity contribution in [3.63, 3.8) is 0 Å². The first-order chi connectivity index (χ1) is 12.1. The van der Waals surface area contributed by atoms with E-state index in [1.807, 2.05) is 17.0 Å². The first-order valence-electron chi connectivity index (χ1n) is 9.10. The van der Waals surface area contributed by atoms with Crippen molar-refractivity contribution in [2.45, 2.75) is 39.0 Å². The molecule has 1 aliphatic heterocycles. The van der Waals surface area contributed by atoms with E-state index in [-0.39, 0.29) is 17.7 Å². The van der Waals surface area contributed by atoms with Crippen LogP contribution in [0.15, 0.2) is 24.3 Å². The molecule has 2 amide bonds. The van der Waals surface area contributed by atoms with Crippen LogP contribution in [0.5, 0.6) is 0 Å². The molecule has 1 saturated heterocycles. The zero-order valence-corrected chi connectivity index (χ0v) is 17.0. The number of carbonyl (C=O) groups is 2. The monoisotopic (exact) mass is 457 g/mol. The highest BCUT2D eigenvalue weighted by Crippen LogP contribution is 2.18. The van der Waals surface area contributed by atoms with E-state index in [4.69, 9.17) is 0 Å². The molecule has 5 nitrogen and oxygen atoms in total. The molecule has 1 aliphatic rings. The summed E-state index contributed by atoms with van der Waals surface area (Å²) in [6.45, 7) is 5.09. The highest BCUT2D eigenvalue weighted by atomic mass is 127. The minimum atomic E-state index is 0.0421. The highest BCUT2D eigenvalue weighted by molar-refractivity contribution is 14.1. The summed E-state index contributed by atoms with van der Waals surface area (Å²) >= 11 is 2.11. The van der Waals surface area contributed by atoms with E-state index < -0.39 is 0 Å². The fraction of sp³-hybridized carbons (Fsp3) is 0.579. The van der Waals surface area contributed by atoms with Crippen LogP contribution in [0.3, 0.4) is 0 Å². The maximum Gasteiger partial charge on any atom is 0.226 e. The number of carbonyl (C=O) groups excluding carboxylic acids is 2. The molecule has 0 spiro atoms. The van der Waals surface area contributed by atoms with Gasteiger partial charge in [0.15, 0.2) is 0 Å². The summed E-state index contributed by atoms with van der Waals surface area (Å²) in [5, 5.41) is 3.00. The third kappa shape index (κ3) is 6.58. The molecule has 0 aliphatic carbocycles. The molecule has 0 aromatic heterocycles. The van der Waals surface area contributed by atoms with Crippen molar-refractivity contribution in [1.29, 1.82) is 0 Å². The number of nitrogens with one attached hydrogen (secondary N) is 2. The van der Waals surface area contributed by atoms with Crippen LogP contribution in [0.2, 0.25) is 0 Å². The lowest BCUT2D eigenvalue weighted by atomic mass is 9.95. The average Bonchev–Trinajstić information content (AvgIpc) is 2.66. The summed E-state index contributed by atoms with van der Waals surface area (Å²) in [6.07, 6.45) is 3.92. The van der Waals surface area contributed by atoms with Gasteiger partial charge in [-0.05, 0) is 36.8 Å². The van der Waals surface area contributed by atoms with Gasteiger partial charge in [-0.3, -0.25) is 13.1 Å². The van der Waals surface area contributed by atoms with Gasteiger partial charge in [-0.25, -0.2) is 0 Å². The Balaban J connectivity index is 1.73. The van der Waals surface area contributed by atoms with Gasteiger partial charge in [0.1, 0.15) is 0 Å². The molecule has 6 heteroatoms. The van der Waals surface area contributed by atoms with Gasteiger partial charge >= 0.3 is 0 Å². The summed E-state index contributed by atoms with van der Waals surface area (Å²) < 4.78 is 3.04. The second-order valence-corrected chi connectivity index (χ2v) is 7.29. The van der Waals surface area contributed by atoms with Crippen LogP contribution in [-0.2, 0) is 22.4 Å². The summed E-state index contributed by atoms with van der Waals surface area (Å²) in [5.74, 6) is 0.340. The fourth-order valence-corrected chi connectivity index (χ4v) is 3.46. The Bertz CT molecular complexity index is 554. The molecule has 0 atom stereocenters. The van der Waals surface area contributed by atoms with E-state index in [2.05, 4.69) is 50.8 Å². The van der Waals surface area contributed by atoms with Crippen molar-refractivity contribution in [3.8, 4) is 0 Å². The standard InChI is InChI=1S/C19H28IN3O2/c1-2-15-4-6-16(7-5-15)14-18(24)23-12-8-17(9-13-23)19(25)21-10-3-11-22-20/h4-7,17,22H,2-3,8-14H2,1H3,(H,21,25). The Morgan fingerprint density at radius 2 is 1.76 bits per heavy atom. The SMILES string of the molecule is CCc1ccc(CC(=O)N2CCC(C(=O)NCCCNI)CC2)cc1. The number of aryl methyl sites for hydroxylation is 1. The number of piperidine rings is 1. The number of amides is 2. The van der Waals surface area contributed by atoms with Crippen LogP contribution in [0, 0.1) is 5.92 Å². The molecule has 0 saturated carbocycles. The van der Waals surface area contributed by atoms with Crippen LogP contribution >= 0.6 is 22.9 Å². The van der Waals surface area contributed by atoms with Crippen LogP contribution in [0.25, 0.3) is 0 Å². The molecular formula is C19H28IN3O2. The zero-order chi connectivity index (χ0) is 18.1. The number of hydrogen-bond donors (Lipinski definition) is 2. The van der Waals surface area contributed by atoms with Gasteiger partial charge in [0.25, 0.3) is 0 Å². The summed E-state index contributed by atoms with van der Waals surface area (Å²) in [6, 6.07) is 8.27. The van der Waals surface area contributed by atoms with E-state index in [1.165, 1.54) is 5.56 Å². The van der Waals surface area contributed by atoms with E-state index >= 15 is 0 Å². The van der Waals surface area contributed by atoms with Crippen molar-refractivity contribution in [2.75, 3.05) is 26.2 Å². The van der Waals surface area contributed by atoms with Crippen LogP contribution in [0.1, 0.15) is 37.3 Å². The molecule has 0 unspecified atom stereocenters. The Morgan fingerprint density at radius 3 is 2.36 bits per heavy atom. The smallest absolute Gasteiger partial charge is 0.226 e. The lowest BCUT2D eigenvalue weighted by Crippen LogP contribution is -2.43. The van der Waals surface area contributed by atoms with Crippen molar-refractivity contribution in [2.24, 2.45) is 5.92 Å². The molecule has 2 N–H and O–H groups in total. The molecular weight excluding hydrogens is 429 g/mol. The maximum atomic E-state index is 12.5. The van der Waals surface area contributed by atoms with Crippen LogP contribution < -0.4 is 8.85 Å². The van der Waals surface area contributed by atoms with Gasteiger partial charge in [0.05, 0.1) is 6.42 Å². The number of rotatable bonds is 8. The number of nitrogens with zero attached hydrogens (tertiary/aromatic N) is 1. The van der Waals surface area contributed by atoms with Crippen molar-refractivity contribution in [1.82, 2.24) is 13.7 Å². The Labute approximate surface area is 164 Å². The number of benzene rings is 1. The average molecular weight is 457 g/mol. The van der Waals surface area contributed by atoms with Gasteiger partial charge in [-0.15, -0.1) is 0 Å². The first-order valence-corrected chi connectivity index (χ1v) is 10.2. The third-order valence-corrected chi connectivity index (χ3v) is 5.29. The van der Waals surface area contributed by atoms with Crippen LogP contribution in [0.4, 0.5) is 0 Å². The minimum absolute atomic E-state index is 0.0421. The largest absolute Gasteiger partial charge is 0.356 e. The van der Waals surface area contributed by atoms with Gasteiger partial charge in [0.2, 0.25) is 11.8 Å². The lowest BCUT2D eigenvalue weighted by molar-refractivity contribution is -0.135. The molecule has 25 heavy (non-hydrogen) atoms. The summed E-state index contributed by atoms with van der Waals surface area (Å²) in [5.41, 5.74) is 2.35. The predicted octanol–water partition coefficient (Wildman–Crippen LogP) is 2.48. The number of halogens is 1. The quantitative estimate of drug-likeness (QED) is 0.358. The highest BCUT2D eigenvalue weighted by Gasteiger charge is 2.26. The van der Waals surface area contributed by atoms with Crippen molar-refractivity contribution >= 4 is 34.7 Å². The van der Waals surface area contributed by atoms with E-state index in [9.17, 15) is 9.59 Å². The summed E-state index contributed by atoms with van der Waals surface area (Å²) in [4.78, 5) is 26.5. The Kier molecular flexibility index (Phi) is 8.67. The normalized spacial score (nSPS) is 15.2. The van der Waals surface area contributed by atoms with E-state index in [0.717, 1.165) is 37.8 Å². The van der Waals surface area contributed by atoms with E-state index in [0.29, 0.717) is 26.1 Å². The molecule has 1 aromatic rings. The topological polar surface area (TPSA) is 61.4 Å². The Hall–Kier alpha value is -1.15. The molecule has 1 aromatic carbocycles. The molecule has 138 valence electrons. The second-order valence-electron chi connectivity index (χ2n) is 6.53. The molecule has 1 heterocycles. The maximum absolute atomic E-state index is 12.5. The van der Waals surface area contributed by atoms with Gasteiger partial charge < -0.3 is 10.2 Å². The fourth-order valence-electron chi connectivity index (χ4n) is 3.08. The van der Waals surface area contributed by atoms with Gasteiger partial charge in [-0.1, -0.05) is 31.2 Å². The Morgan fingerprint density at radius 1 is 1.12 bits per heavy atom. The molecule has 1 fully saturated rings. The molecule has 0 bridgehead atoms. The number of likely N-dealkylation sites (tertiary alicyclic amines) is 1. The first kappa shape index (κ1) is 20.2. The number of hydrogen-bond acceptors (Lipinski definition) is 3. The third-order valence-electron chi connectivity index (χ3n) is 4.75. The van der Waals surface area contributed by atoms with Gasteiger partial charge in [0, 0.05) is 55.0 Å². The van der Waals surface area contributed by atoms with E-state index in [1.54, 1.807) is 0 Å². The lowest BCUT2D eigenvalue weighted by Gasteiger charge is -2.31. The second kappa shape index (κ2) is 10.8. The minimum Gasteiger partial charge on any atom is -0.356 e. The molecule has 0 radical (unpaired) electrons. The predicted molar refractivity (Wildman–Crippen MR) is 108 cm³/mol. The van der Waals surface area contributed by atoms with Gasteiger partial charge in [-0.2, -0.15) is 0 Å². The van der Waals surface area contributed by atoms with Crippen molar-refractivity contribution in [3.05, 3.63) is 35.4 Å². The molecule has 2 rings (SSSR count). The van der Waals surface area contributed by atoms with Crippen LogP contribution in [-0.4, -0.2) is 42.9 Å².